The Morgan fingerprint density at radius 1 is 1.04 bits per heavy atom. The molecule has 5 nitrogen and oxygen atoms in total. The van der Waals surface area contributed by atoms with E-state index in [0.29, 0.717) is 23.6 Å². The van der Waals surface area contributed by atoms with Crippen LogP contribution in [0.1, 0.15) is 28.4 Å². The summed E-state index contributed by atoms with van der Waals surface area (Å²) in [6.07, 6.45) is 3.25. The Bertz CT molecular complexity index is 954. The lowest BCUT2D eigenvalue weighted by molar-refractivity contribution is 0.102. The summed E-state index contributed by atoms with van der Waals surface area (Å²) in [5, 5.41) is 6.21. The number of nitrogens with zero attached hydrogens (tertiary/aromatic N) is 1. The number of carbonyl (C=O) groups excluding carboxylic acids is 1. The number of hydrogen-bond donors (Lipinski definition) is 2. The zero-order valence-corrected chi connectivity index (χ0v) is 15.7. The highest BCUT2D eigenvalue weighted by Crippen LogP contribution is 2.25. The highest BCUT2D eigenvalue weighted by atomic mass is 16.5. The number of aromatic nitrogens is 1. The van der Waals surface area contributed by atoms with Crippen molar-refractivity contribution in [2.75, 3.05) is 17.2 Å². The summed E-state index contributed by atoms with van der Waals surface area (Å²) in [5.74, 6) is 0.407. The number of amides is 1. The van der Waals surface area contributed by atoms with Crippen LogP contribution in [0, 0.1) is 13.8 Å². The van der Waals surface area contributed by atoms with Crippen LogP contribution in [0.5, 0.6) is 5.75 Å². The van der Waals surface area contributed by atoms with Crippen molar-refractivity contribution in [3.05, 3.63) is 77.6 Å². The van der Waals surface area contributed by atoms with Crippen molar-refractivity contribution < 1.29 is 9.53 Å². The third kappa shape index (κ3) is 4.64. The van der Waals surface area contributed by atoms with Crippen LogP contribution in [0.4, 0.5) is 17.1 Å². The Hall–Kier alpha value is -3.34. The average molecular weight is 361 g/mol. The van der Waals surface area contributed by atoms with Crippen molar-refractivity contribution >= 4 is 23.0 Å². The SMILES string of the molecule is CCOc1ccccc1NC(=O)c1cncc(Nc2ccc(C)cc2C)c1. The number of rotatable bonds is 6. The lowest BCUT2D eigenvalue weighted by Crippen LogP contribution is -2.13. The van der Waals surface area contributed by atoms with Crippen LogP contribution >= 0.6 is 0 Å². The zero-order chi connectivity index (χ0) is 19.2. The Morgan fingerprint density at radius 2 is 1.85 bits per heavy atom. The molecule has 0 radical (unpaired) electrons. The van der Waals surface area contributed by atoms with Gasteiger partial charge in [0.05, 0.1) is 29.7 Å². The minimum atomic E-state index is -0.237. The summed E-state index contributed by atoms with van der Waals surface area (Å²) in [5.41, 5.74) is 5.19. The van der Waals surface area contributed by atoms with E-state index in [2.05, 4.69) is 28.6 Å². The van der Waals surface area contributed by atoms with E-state index in [-0.39, 0.29) is 5.91 Å². The molecule has 0 fully saturated rings. The molecular weight excluding hydrogens is 338 g/mol. The molecule has 0 aliphatic carbocycles. The van der Waals surface area contributed by atoms with Crippen molar-refractivity contribution in [1.82, 2.24) is 4.98 Å². The number of hydrogen-bond acceptors (Lipinski definition) is 4. The topological polar surface area (TPSA) is 63.2 Å². The highest BCUT2D eigenvalue weighted by Gasteiger charge is 2.11. The summed E-state index contributed by atoms with van der Waals surface area (Å²) in [7, 11) is 0. The van der Waals surface area contributed by atoms with Crippen LogP contribution in [0.25, 0.3) is 0 Å². The third-order valence-electron chi connectivity index (χ3n) is 4.10. The Balaban J connectivity index is 1.78. The first-order chi connectivity index (χ1) is 13.1. The summed E-state index contributed by atoms with van der Waals surface area (Å²) in [4.78, 5) is 16.8. The fourth-order valence-electron chi connectivity index (χ4n) is 2.79. The van der Waals surface area contributed by atoms with Gasteiger partial charge in [-0.2, -0.15) is 0 Å². The summed E-state index contributed by atoms with van der Waals surface area (Å²) in [6.45, 7) is 6.54. The molecule has 1 heterocycles. The van der Waals surface area contributed by atoms with Crippen molar-refractivity contribution in [2.45, 2.75) is 20.8 Å². The molecule has 2 N–H and O–H groups in total. The first kappa shape index (κ1) is 18.5. The smallest absolute Gasteiger partial charge is 0.257 e. The summed E-state index contributed by atoms with van der Waals surface area (Å²) < 4.78 is 5.56. The summed E-state index contributed by atoms with van der Waals surface area (Å²) >= 11 is 0. The second-order valence-electron chi connectivity index (χ2n) is 6.29. The molecule has 0 bridgehead atoms. The fraction of sp³-hybridized carbons (Fsp3) is 0.182. The Labute approximate surface area is 159 Å². The standard InChI is InChI=1S/C22H23N3O2/c1-4-27-21-8-6-5-7-20(21)25-22(26)17-12-18(14-23-13-17)24-19-10-9-15(2)11-16(19)3/h5-14,24H,4H2,1-3H3,(H,25,26). The van der Waals surface area contributed by atoms with E-state index in [9.17, 15) is 4.79 Å². The number of carbonyl (C=O) groups is 1. The van der Waals surface area contributed by atoms with Crippen LogP contribution in [0.15, 0.2) is 60.9 Å². The van der Waals surface area contributed by atoms with Gasteiger partial charge in [-0.05, 0) is 50.6 Å². The lowest BCUT2D eigenvalue weighted by atomic mass is 10.1. The third-order valence-corrected chi connectivity index (χ3v) is 4.10. The van der Waals surface area contributed by atoms with Gasteiger partial charge in [-0.15, -0.1) is 0 Å². The highest BCUT2D eigenvalue weighted by molar-refractivity contribution is 6.05. The first-order valence-corrected chi connectivity index (χ1v) is 8.89. The molecule has 3 rings (SSSR count). The normalized spacial score (nSPS) is 10.3. The van der Waals surface area contributed by atoms with Crippen molar-refractivity contribution in [1.29, 1.82) is 0 Å². The molecule has 0 saturated carbocycles. The predicted octanol–water partition coefficient (Wildman–Crippen LogP) is 5.09. The van der Waals surface area contributed by atoms with Crippen LogP contribution in [0.2, 0.25) is 0 Å². The van der Waals surface area contributed by atoms with Crippen LogP contribution in [-0.4, -0.2) is 17.5 Å². The molecule has 2 aromatic carbocycles. The average Bonchev–Trinajstić information content (AvgIpc) is 2.66. The minimum absolute atomic E-state index is 0.237. The van der Waals surface area contributed by atoms with Crippen LogP contribution in [-0.2, 0) is 0 Å². The second kappa shape index (κ2) is 8.36. The van der Waals surface area contributed by atoms with Gasteiger partial charge in [-0.3, -0.25) is 9.78 Å². The number of aryl methyl sites for hydroxylation is 2. The molecule has 3 aromatic rings. The number of para-hydroxylation sites is 2. The Morgan fingerprint density at radius 3 is 2.63 bits per heavy atom. The van der Waals surface area contributed by atoms with Crippen molar-refractivity contribution in [2.24, 2.45) is 0 Å². The number of anilines is 3. The molecule has 0 aliphatic rings. The molecule has 138 valence electrons. The molecule has 0 aliphatic heterocycles. The molecule has 1 amide bonds. The number of nitrogens with one attached hydrogen (secondary N) is 2. The van der Waals surface area contributed by atoms with Gasteiger partial charge in [0.15, 0.2) is 0 Å². The number of benzene rings is 2. The molecule has 0 atom stereocenters. The largest absolute Gasteiger partial charge is 0.492 e. The van der Waals surface area contributed by atoms with Gasteiger partial charge in [-0.25, -0.2) is 0 Å². The van der Waals surface area contributed by atoms with Crippen LogP contribution < -0.4 is 15.4 Å². The van der Waals surface area contributed by atoms with Gasteiger partial charge in [-0.1, -0.05) is 29.8 Å². The molecule has 5 heteroatoms. The fourth-order valence-corrected chi connectivity index (χ4v) is 2.79. The van der Waals surface area contributed by atoms with E-state index in [1.165, 1.54) is 5.56 Å². The van der Waals surface area contributed by atoms with Crippen molar-refractivity contribution in [3.8, 4) is 5.75 Å². The predicted molar refractivity (Wildman–Crippen MR) is 109 cm³/mol. The molecule has 1 aromatic heterocycles. The van der Waals surface area contributed by atoms with Gasteiger partial charge in [0.2, 0.25) is 0 Å². The van der Waals surface area contributed by atoms with E-state index in [0.717, 1.165) is 16.9 Å². The van der Waals surface area contributed by atoms with Gasteiger partial charge < -0.3 is 15.4 Å². The van der Waals surface area contributed by atoms with Crippen LogP contribution in [0.3, 0.4) is 0 Å². The molecule has 0 spiro atoms. The Kier molecular flexibility index (Phi) is 5.71. The summed E-state index contributed by atoms with van der Waals surface area (Å²) in [6, 6.07) is 15.3. The maximum Gasteiger partial charge on any atom is 0.257 e. The van der Waals surface area contributed by atoms with Gasteiger partial charge in [0.1, 0.15) is 5.75 Å². The van der Waals surface area contributed by atoms with E-state index in [1.54, 1.807) is 18.5 Å². The van der Waals surface area contributed by atoms with E-state index in [4.69, 9.17) is 4.74 Å². The second-order valence-corrected chi connectivity index (χ2v) is 6.29. The van der Waals surface area contributed by atoms with E-state index < -0.39 is 0 Å². The number of ether oxygens (including phenoxy) is 1. The first-order valence-electron chi connectivity index (χ1n) is 8.89. The van der Waals surface area contributed by atoms with Gasteiger partial charge in [0.25, 0.3) is 5.91 Å². The quantitative estimate of drug-likeness (QED) is 0.642. The molecule has 0 unspecified atom stereocenters. The lowest BCUT2D eigenvalue weighted by Gasteiger charge is -2.13. The van der Waals surface area contributed by atoms with Gasteiger partial charge in [0, 0.05) is 11.9 Å². The minimum Gasteiger partial charge on any atom is -0.492 e. The van der Waals surface area contributed by atoms with Crippen molar-refractivity contribution in [3.63, 3.8) is 0 Å². The monoisotopic (exact) mass is 361 g/mol. The van der Waals surface area contributed by atoms with Gasteiger partial charge >= 0.3 is 0 Å². The zero-order valence-electron chi connectivity index (χ0n) is 15.7. The molecule has 0 saturated heterocycles. The maximum absolute atomic E-state index is 12.7. The maximum atomic E-state index is 12.7. The molecule has 27 heavy (non-hydrogen) atoms. The van der Waals surface area contributed by atoms with E-state index >= 15 is 0 Å². The molecular formula is C22H23N3O2. The number of pyridine rings is 1. The van der Waals surface area contributed by atoms with E-state index in [1.807, 2.05) is 50.2 Å².